The third-order valence-electron chi connectivity index (χ3n) is 4.83. The molecule has 1 unspecified atom stereocenters. The van der Waals surface area contributed by atoms with Gasteiger partial charge < -0.3 is 19.2 Å². The number of fused-ring (bicyclic) bond motifs is 3. The summed E-state index contributed by atoms with van der Waals surface area (Å²) in [5.41, 5.74) is 4.94. The molecule has 1 atom stereocenters. The highest BCUT2D eigenvalue weighted by atomic mass is 16.5. The van der Waals surface area contributed by atoms with Gasteiger partial charge in [0.2, 0.25) is 5.91 Å². The Morgan fingerprint density at radius 3 is 2.58 bits per heavy atom. The third-order valence-corrected chi connectivity index (χ3v) is 4.83. The average Bonchev–Trinajstić information content (AvgIpc) is 2.92. The fourth-order valence-electron chi connectivity index (χ4n) is 3.56. The van der Waals surface area contributed by atoms with Crippen LogP contribution in [-0.4, -0.2) is 29.5 Å². The minimum Gasteiger partial charge on any atom is -0.497 e. The van der Waals surface area contributed by atoms with Crippen molar-refractivity contribution in [3.05, 3.63) is 59.0 Å². The highest BCUT2D eigenvalue weighted by Crippen LogP contribution is 2.36. The number of carbonyl (C=O) groups is 1. The fourth-order valence-corrected chi connectivity index (χ4v) is 3.56. The predicted octanol–water partition coefficient (Wildman–Crippen LogP) is 2.81. The molecule has 0 fully saturated rings. The van der Waals surface area contributed by atoms with Crippen LogP contribution in [0.5, 0.6) is 11.5 Å². The van der Waals surface area contributed by atoms with E-state index < -0.39 is 0 Å². The molecule has 6 nitrogen and oxygen atoms in total. The van der Waals surface area contributed by atoms with Gasteiger partial charge in [-0.1, -0.05) is 6.07 Å². The molecular weight excluding hydrogens is 330 g/mol. The van der Waals surface area contributed by atoms with Crippen LogP contribution in [0.1, 0.15) is 34.9 Å². The second-order valence-corrected chi connectivity index (χ2v) is 6.56. The van der Waals surface area contributed by atoms with E-state index in [2.05, 4.69) is 22.8 Å². The molecule has 0 saturated heterocycles. The molecule has 0 spiro atoms. The van der Waals surface area contributed by atoms with Crippen LogP contribution in [0.3, 0.4) is 0 Å². The van der Waals surface area contributed by atoms with E-state index in [1.54, 1.807) is 14.2 Å². The number of pyridine rings is 1. The molecule has 0 bridgehead atoms. The summed E-state index contributed by atoms with van der Waals surface area (Å²) in [6.45, 7) is 2.49. The molecule has 3 aromatic rings. The number of benzene rings is 1. The fraction of sp³-hybridized carbons (Fsp3) is 0.300. The number of aryl methyl sites for hydroxylation is 1. The molecule has 1 aliphatic rings. The zero-order chi connectivity index (χ0) is 18.3. The molecule has 1 aromatic carbocycles. The summed E-state index contributed by atoms with van der Waals surface area (Å²) in [6.07, 6.45) is 2.42. The first kappa shape index (κ1) is 16.4. The van der Waals surface area contributed by atoms with Crippen LogP contribution in [-0.2, 0) is 11.3 Å². The molecular formula is C20H21N3O3. The van der Waals surface area contributed by atoms with Gasteiger partial charge in [-0.05, 0) is 36.2 Å². The standard InChI is InChI=1S/C20H21N3O3/c1-12-4-5-18-22-17-10-21-19(24)9-16(20(17)23(18)11-12)13-6-14(25-2)8-15(7-13)26-3/h4-8,11,16H,9-10H2,1-3H3,(H,21,24). The first-order valence-corrected chi connectivity index (χ1v) is 8.56. The average molecular weight is 351 g/mol. The molecule has 1 N–H and O–H groups in total. The number of amides is 1. The lowest BCUT2D eigenvalue weighted by Gasteiger charge is -2.18. The van der Waals surface area contributed by atoms with Crippen LogP contribution in [0.2, 0.25) is 0 Å². The Morgan fingerprint density at radius 1 is 1.15 bits per heavy atom. The highest BCUT2D eigenvalue weighted by Gasteiger charge is 2.29. The Hall–Kier alpha value is -3.02. The zero-order valence-corrected chi connectivity index (χ0v) is 15.1. The van der Waals surface area contributed by atoms with Crippen molar-refractivity contribution in [3.8, 4) is 11.5 Å². The largest absolute Gasteiger partial charge is 0.497 e. The second kappa shape index (κ2) is 6.37. The van der Waals surface area contributed by atoms with Gasteiger partial charge in [-0.25, -0.2) is 4.98 Å². The monoisotopic (exact) mass is 351 g/mol. The van der Waals surface area contributed by atoms with Gasteiger partial charge in [-0.2, -0.15) is 0 Å². The van der Waals surface area contributed by atoms with E-state index in [1.165, 1.54) is 0 Å². The van der Waals surface area contributed by atoms with E-state index >= 15 is 0 Å². The summed E-state index contributed by atoms with van der Waals surface area (Å²) in [5.74, 6) is 1.29. The Labute approximate surface area is 151 Å². The number of hydrogen-bond acceptors (Lipinski definition) is 4. The topological polar surface area (TPSA) is 64.9 Å². The van der Waals surface area contributed by atoms with Gasteiger partial charge in [0, 0.05) is 24.6 Å². The lowest BCUT2D eigenvalue weighted by Crippen LogP contribution is -2.21. The van der Waals surface area contributed by atoms with Gasteiger partial charge in [0.25, 0.3) is 0 Å². The minimum absolute atomic E-state index is 0.0104. The molecule has 0 radical (unpaired) electrons. The van der Waals surface area contributed by atoms with Crippen molar-refractivity contribution in [1.82, 2.24) is 14.7 Å². The number of nitrogens with one attached hydrogen (secondary N) is 1. The maximum atomic E-state index is 12.3. The van der Waals surface area contributed by atoms with E-state index in [0.717, 1.165) is 28.2 Å². The predicted molar refractivity (Wildman–Crippen MR) is 97.8 cm³/mol. The number of hydrogen-bond donors (Lipinski definition) is 1. The summed E-state index contributed by atoms with van der Waals surface area (Å²) < 4.78 is 12.9. The van der Waals surface area contributed by atoms with Crippen LogP contribution in [0.25, 0.3) is 5.65 Å². The molecule has 0 saturated carbocycles. The summed E-state index contributed by atoms with van der Waals surface area (Å²) in [6, 6.07) is 9.81. The van der Waals surface area contributed by atoms with E-state index in [4.69, 9.17) is 14.5 Å². The second-order valence-electron chi connectivity index (χ2n) is 6.56. The number of methoxy groups -OCH3 is 2. The lowest BCUT2D eigenvalue weighted by atomic mass is 9.91. The molecule has 4 rings (SSSR count). The van der Waals surface area contributed by atoms with Crippen molar-refractivity contribution in [2.24, 2.45) is 0 Å². The lowest BCUT2D eigenvalue weighted by molar-refractivity contribution is -0.121. The first-order chi connectivity index (χ1) is 12.6. The first-order valence-electron chi connectivity index (χ1n) is 8.56. The van der Waals surface area contributed by atoms with Crippen LogP contribution in [0, 0.1) is 6.92 Å². The smallest absolute Gasteiger partial charge is 0.221 e. The maximum absolute atomic E-state index is 12.3. The van der Waals surface area contributed by atoms with Gasteiger partial charge in [0.05, 0.1) is 32.2 Å². The summed E-state index contributed by atoms with van der Waals surface area (Å²) >= 11 is 0. The van der Waals surface area contributed by atoms with Gasteiger partial charge >= 0.3 is 0 Å². The Balaban J connectivity index is 1.95. The highest BCUT2D eigenvalue weighted by molar-refractivity contribution is 5.78. The molecule has 2 aromatic heterocycles. The van der Waals surface area contributed by atoms with Crippen molar-refractivity contribution in [3.63, 3.8) is 0 Å². The Bertz CT molecular complexity index is 971. The van der Waals surface area contributed by atoms with Crippen LogP contribution >= 0.6 is 0 Å². The number of ether oxygens (including phenoxy) is 2. The quantitative estimate of drug-likeness (QED) is 0.788. The van der Waals surface area contributed by atoms with Crippen molar-refractivity contribution in [1.29, 1.82) is 0 Å². The SMILES string of the molecule is COc1cc(OC)cc(C2CC(=O)NCc3nc4ccc(C)cn4c32)c1. The van der Waals surface area contributed by atoms with Crippen LogP contribution in [0.15, 0.2) is 36.5 Å². The van der Waals surface area contributed by atoms with E-state index in [1.807, 2.05) is 30.3 Å². The van der Waals surface area contributed by atoms with Crippen molar-refractivity contribution >= 4 is 11.6 Å². The van der Waals surface area contributed by atoms with Gasteiger partial charge in [-0.15, -0.1) is 0 Å². The normalized spacial score (nSPS) is 16.7. The van der Waals surface area contributed by atoms with E-state index in [9.17, 15) is 4.79 Å². The summed E-state index contributed by atoms with van der Waals surface area (Å²) in [5, 5.41) is 2.96. The molecule has 0 aliphatic carbocycles. The third kappa shape index (κ3) is 2.77. The molecule has 134 valence electrons. The summed E-state index contributed by atoms with van der Waals surface area (Å²) in [7, 11) is 3.25. The maximum Gasteiger partial charge on any atom is 0.221 e. The summed E-state index contributed by atoms with van der Waals surface area (Å²) in [4.78, 5) is 17.1. The molecule has 1 amide bonds. The molecule has 3 heterocycles. The number of imidazole rings is 1. The van der Waals surface area contributed by atoms with Crippen LogP contribution < -0.4 is 14.8 Å². The Morgan fingerprint density at radius 2 is 1.88 bits per heavy atom. The van der Waals surface area contributed by atoms with Gasteiger partial charge in [0.1, 0.15) is 17.1 Å². The number of carbonyl (C=O) groups excluding carboxylic acids is 1. The number of aromatic nitrogens is 2. The molecule has 6 heteroatoms. The van der Waals surface area contributed by atoms with Gasteiger partial charge in [0.15, 0.2) is 0 Å². The van der Waals surface area contributed by atoms with Crippen molar-refractivity contribution < 1.29 is 14.3 Å². The van der Waals surface area contributed by atoms with Crippen LogP contribution in [0.4, 0.5) is 0 Å². The number of rotatable bonds is 3. The number of nitrogens with zero attached hydrogens (tertiary/aromatic N) is 2. The Kier molecular flexibility index (Phi) is 4.03. The minimum atomic E-state index is -0.131. The zero-order valence-electron chi connectivity index (χ0n) is 15.1. The molecule has 1 aliphatic heterocycles. The van der Waals surface area contributed by atoms with Crippen molar-refractivity contribution in [2.75, 3.05) is 14.2 Å². The van der Waals surface area contributed by atoms with E-state index in [0.29, 0.717) is 24.5 Å². The van der Waals surface area contributed by atoms with E-state index in [-0.39, 0.29) is 11.8 Å². The molecule has 26 heavy (non-hydrogen) atoms. The van der Waals surface area contributed by atoms with Gasteiger partial charge in [-0.3, -0.25) is 4.79 Å². The van der Waals surface area contributed by atoms with Crippen molar-refractivity contribution in [2.45, 2.75) is 25.8 Å².